The highest BCUT2D eigenvalue weighted by atomic mass is 16.3. The molecule has 112 valence electrons. The summed E-state index contributed by atoms with van der Waals surface area (Å²) in [4.78, 5) is 8.81. The van der Waals surface area contributed by atoms with E-state index in [0.717, 1.165) is 24.5 Å². The van der Waals surface area contributed by atoms with Crippen molar-refractivity contribution in [2.75, 3.05) is 11.9 Å². The van der Waals surface area contributed by atoms with Gasteiger partial charge in [0.25, 0.3) is 0 Å². The molecule has 0 fully saturated rings. The van der Waals surface area contributed by atoms with E-state index in [1.165, 1.54) is 5.56 Å². The molecular weight excluding hydrogens is 262 g/mol. The van der Waals surface area contributed by atoms with Gasteiger partial charge >= 0.3 is 0 Å². The molecule has 0 bridgehead atoms. The van der Waals surface area contributed by atoms with Gasteiger partial charge in [-0.25, -0.2) is 9.97 Å². The van der Waals surface area contributed by atoms with Crippen molar-refractivity contribution >= 4 is 5.82 Å². The van der Waals surface area contributed by atoms with Crippen LogP contribution >= 0.6 is 0 Å². The summed E-state index contributed by atoms with van der Waals surface area (Å²) in [6, 6.07) is 12.0. The molecule has 0 radical (unpaired) electrons. The molecule has 21 heavy (non-hydrogen) atoms. The minimum absolute atomic E-state index is 0.502. The monoisotopic (exact) mass is 285 g/mol. The van der Waals surface area contributed by atoms with E-state index in [-0.39, 0.29) is 0 Å². The Hall–Kier alpha value is -1.94. The number of hydrogen-bond donors (Lipinski definition) is 2. The smallest absolute Gasteiger partial charge is 0.135 e. The molecule has 1 aromatic carbocycles. The number of benzene rings is 1. The Morgan fingerprint density at radius 2 is 1.81 bits per heavy atom. The van der Waals surface area contributed by atoms with Gasteiger partial charge in [0.05, 0.1) is 5.60 Å². The Morgan fingerprint density at radius 1 is 1.10 bits per heavy atom. The Labute approximate surface area is 126 Å². The summed E-state index contributed by atoms with van der Waals surface area (Å²) in [5.74, 6) is 1.54. The second-order valence-electron chi connectivity index (χ2n) is 5.31. The summed E-state index contributed by atoms with van der Waals surface area (Å²) >= 11 is 0. The zero-order chi connectivity index (χ0) is 15.1. The van der Waals surface area contributed by atoms with Crippen molar-refractivity contribution in [2.45, 2.75) is 38.7 Å². The Balaban J connectivity index is 2.01. The van der Waals surface area contributed by atoms with Crippen molar-refractivity contribution in [3.8, 4) is 0 Å². The van der Waals surface area contributed by atoms with Gasteiger partial charge in [0.2, 0.25) is 0 Å². The number of nitrogens with zero attached hydrogens (tertiary/aromatic N) is 2. The van der Waals surface area contributed by atoms with E-state index < -0.39 is 5.60 Å². The minimum Gasteiger partial charge on any atom is -0.388 e. The molecule has 0 aliphatic carbocycles. The van der Waals surface area contributed by atoms with E-state index in [4.69, 9.17) is 0 Å². The lowest BCUT2D eigenvalue weighted by atomic mass is 9.98. The van der Waals surface area contributed by atoms with Crippen molar-refractivity contribution in [2.24, 2.45) is 0 Å². The van der Waals surface area contributed by atoms with Crippen LogP contribution in [0.4, 0.5) is 5.82 Å². The van der Waals surface area contributed by atoms with Gasteiger partial charge in [0.15, 0.2) is 0 Å². The topological polar surface area (TPSA) is 58.0 Å². The van der Waals surface area contributed by atoms with Gasteiger partial charge < -0.3 is 10.4 Å². The van der Waals surface area contributed by atoms with Gasteiger partial charge in [0.1, 0.15) is 11.6 Å². The third-order valence-electron chi connectivity index (χ3n) is 3.83. The zero-order valence-electron chi connectivity index (χ0n) is 12.7. The molecule has 0 aliphatic rings. The van der Waals surface area contributed by atoms with Gasteiger partial charge in [-0.1, -0.05) is 44.2 Å². The first-order valence-corrected chi connectivity index (χ1v) is 7.47. The molecule has 0 unspecified atom stereocenters. The molecule has 0 saturated heterocycles. The van der Waals surface area contributed by atoms with Crippen LogP contribution in [-0.4, -0.2) is 27.2 Å². The van der Waals surface area contributed by atoms with Crippen LogP contribution in [0.5, 0.6) is 0 Å². The number of hydrogen-bond acceptors (Lipinski definition) is 4. The number of rotatable bonds is 7. The van der Waals surface area contributed by atoms with Crippen LogP contribution < -0.4 is 5.32 Å². The molecule has 0 saturated carbocycles. The quantitative estimate of drug-likeness (QED) is 0.821. The van der Waals surface area contributed by atoms with Gasteiger partial charge in [0, 0.05) is 19.2 Å². The van der Waals surface area contributed by atoms with E-state index in [1.807, 2.05) is 38.1 Å². The highest BCUT2D eigenvalue weighted by Gasteiger charge is 2.21. The fourth-order valence-electron chi connectivity index (χ4n) is 2.12. The van der Waals surface area contributed by atoms with Crippen LogP contribution in [0.2, 0.25) is 0 Å². The Bertz CT molecular complexity index is 553. The fraction of sp³-hybridized carbons (Fsp3) is 0.412. The van der Waals surface area contributed by atoms with Gasteiger partial charge in [-0.3, -0.25) is 0 Å². The molecule has 2 rings (SSSR count). The summed E-state index contributed by atoms with van der Waals surface area (Å²) in [5, 5.41) is 13.5. The molecule has 1 heterocycles. The molecule has 0 spiro atoms. The molecule has 4 heteroatoms. The van der Waals surface area contributed by atoms with Crippen LogP contribution in [0.15, 0.2) is 42.6 Å². The fourth-order valence-corrected chi connectivity index (χ4v) is 2.12. The number of anilines is 1. The molecule has 2 aromatic rings. The predicted octanol–water partition coefficient (Wildman–Crippen LogP) is 3.03. The van der Waals surface area contributed by atoms with Gasteiger partial charge in [-0.15, -0.1) is 0 Å². The van der Waals surface area contributed by atoms with Crippen molar-refractivity contribution < 1.29 is 5.11 Å². The highest BCUT2D eigenvalue weighted by Crippen LogP contribution is 2.15. The lowest BCUT2D eigenvalue weighted by Crippen LogP contribution is -2.35. The molecule has 0 aliphatic heterocycles. The van der Waals surface area contributed by atoms with Crippen molar-refractivity contribution in [3.05, 3.63) is 54.0 Å². The predicted molar refractivity (Wildman–Crippen MR) is 85.3 cm³/mol. The maximum atomic E-state index is 10.3. The number of aromatic nitrogens is 2. The summed E-state index contributed by atoms with van der Waals surface area (Å²) in [6.07, 6.45) is 3.91. The molecule has 0 atom stereocenters. The maximum Gasteiger partial charge on any atom is 0.135 e. The second-order valence-corrected chi connectivity index (χ2v) is 5.31. The number of aliphatic hydroxyl groups is 1. The summed E-state index contributed by atoms with van der Waals surface area (Å²) in [7, 11) is 0. The average molecular weight is 285 g/mol. The summed E-state index contributed by atoms with van der Waals surface area (Å²) in [5.41, 5.74) is 0.512. The lowest BCUT2D eigenvalue weighted by Gasteiger charge is -2.25. The Kier molecular flexibility index (Phi) is 5.28. The first-order chi connectivity index (χ1) is 10.1. The Morgan fingerprint density at radius 3 is 2.48 bits per heavy atom. The minimum atomic E-state index is -0.676. The number of nitrogens with one attached hydrogen (secondary N) is 1. The highest BCUT2D eigenvalue weighted by molar-refractivity contribution is 5.34. The van der Waals surface area contributed by atoms with E-state index in [2.05, 4.69) is 27.4 Å². The van der Waals surface area contributed by atoms with Crippen molar-refractivity contribution in [1.29, 1.82) is 0 Å². The van der Waals surface area contributed by atoms with Crippen LogP contribution in [-0.2, 0) is 6.42 Å². The molecule has 1 aromatic heterocycles. The normalized spacial score (nSPS) is 11.4. The van der Waals surface area contributed by atoms with E-state index in [9.17, 15) is 5.11 Å². The molecule has 0 amide bonds. The second kappa shape index (κ2) is 7.18. The zero-order valence-corrected chi connectivity index (χ0v) is 12.7. The van der Waals surface area contributed by atoms with Crippen LogP contribution in [0.3, 0.4) is 0 Å². The van der Waals surface area contributed by atoms with Gasteiger partial charge in [-0.2, -0.15) is 0 Å². The lowest BCUT2D eigenvalue weighted by molar-refractivity contribution is 0.0456. The van der Waals surface area contributed by atoms with E-state index in [0.29, 0.717) is 13.0 Å². The van der Waals surface area contributed by atoms with E-state index >= 15 is 0 Å². The van der Waals surface area contributed by atoms with Gasteiger partial charge in [-0.05, 0) is 24.5 Å². The first-order valence-electron chi connectivity index (χ1n) is 7.47. The van der Waals surface area contributed by atoms with Crippen LogP contribution in [0.1, 0.15) is 38.1 Å². The van der Waals surface area contributed by atoms with Crippen LogP contribution in [0, 0.1) is 0 Å². The summed E-state index contributed by atoms with van der Waals surface area (Å²) in [6.45, 7) is 4.49. The van der Waals surface area contributed by atoms with Crippen molar-refractivity contribution in [1.82, 2.24) is 9.97 Å². The molecule has 4 nitrogen and oxygen atoms in total. The third-order valence-corrected chi connectivity index (χ3v) is 3.83. The molecule has 2 N–H and O–H groups in total. The maximum absolute atomic E-state index is 10.3. The first kappa shape index (κ1) is 15.4. The third kappa shape index (κ3) is 4.53. The standard InChI is InChI=1S/C17H23N3O/c1-3-17(21,4-2)13-19-15-10-11-18-16(20-15)12-14-8-6-5-7-9-14/h5-11,21H,3-4,12-13H2,1-2H3,(H,18,19,20). The SMILES string of the molecule is CCC(O)(CC)CNc1ccnc(Cc2ccccc2)n1. The largest absolute Gasteiger partial charge is 0.388 e. The van der Waals surface area contributed by atoms with Crippen molar-refractivity contribution in [3.63, 3.8) is 0 Å². The molecular formula is C17H23N3O. The summed E-state index contributed by atoms with van der Waals surface area (Å²) < 4.78 is 0. The average Bonchev–Trinajstić information content (AvgIpc) is 2.54. The van der Waals surface area contributed by atoms with Crippen LogP contribution in [0.25, 0.3) is 0 Å². The van der Waals surface area contributed by atoms with E-state index in [1.54, 1.807) is 6.20 Å².